The number of benzene rings is 1. The first-order valence-corrected chi connectivity index (χ1v) is 4.95. The Morgan fingerprint density at radius 3 is 2.33 bits per heavy atom. The minimum absolute atomic E-state index is 0.675. The Morgan fingerprint density at radius 2 is 1.92 bits per heavy atom. The molecule has 0 saturated heterocycles. The third-order valence-corrected chi connectivity index (χ3v) is 3.06. The summed E-state index contributed by atoms with van der Waals surface area (Å²) in [6, 6.07) is 9.16. The molecule has 1 aromatic carbocycles. The molecule has 64 valence electrons. The molecule has 0 aliphatic heterocycles. The van der Waals surface area contributed by atoms with Crippen molar-refractivity contribution < 1.29 is 4.39 Å². The van der Waals surface area contributed by atoms with Gasteiger partial charge in [0, 0.05) is 10.2 Å². The van der Waals surface area contributed by atoms with Crippen LogP contribution in [0.2, 0.25) is 0 Å². The molecule has 0 aliphatic rings. The summed E-state index contributed by atoms with van der Waals surface area (Å²) in [6.07, 6.45) is 0. The second kappa shape index (κ2) is 3.23. The molecule has 0 heterocycles. The van der Waals surface area contributed by atoms with Crippen LogP contribution in [0.15, 0.2) is 42.1 Å². The second-order valence-electron chi connectivity index (χ2n) is 3.15. The van der Waals surface area contributed by atoms with Gasteiger partial charge in [0.05, 0.1) is 0 Å². The van der Waals surface area contributed by atoms with Crippen LogP contribution in [0.5, 0.6) is 0 Å². The minimum atomic E-state index is -1.34. The molecule has 1 rings (SSSR count). The minimum Gasteiger partial charge on any atom is -0.235 e. The highest BCUT2D eigenvalue weighted by atomic mass is 28.1. The van der Waals surface area contributed by atoms with Gasteiger partial charge in [0.25, 0.3) is 0 Å². The second-order valence-corrected chi connectivity index (χ2v) is 4.36. The molecule has 0 spiro atoms. The van der Waals surface area contributed by atoms with Gasteiger partial charge in [-0.1, -0.05) is 35.5 Å². The van der Waals surface area contributed by atoms with E-state index in [0.29, 0.717) is 21.0 Å². The van der Waals surface area contributed by atoms with Crippen molar-refractivity contribution in [3.8, 4) is 0 Å². The van der Waals surface area contributed by atoms with Crippen LogP contribution >= 0.6 is 0 Å². The van der Waals surface area contributed by atoms with E-state index < -0.39 is 5.67 Å². The van der Waals surface area contributed by atoms with Gasteiger partial charge in [-0.3, -0.25) is 0 Å². The largest absolute Gasteiger partial charge is 0.235 e. The molecule has 0 nitrogen and oxygen atoms in total. The lowest BCUT2D eigenvalue weighted by Gasteiger charge is -2.20. The summed E-state index contributed by atoms with van der Waals surface area (Å²) in [7, 11) is 0.693. The fraction of sp³-hybridized carbons (Fsp3) is 0.200. The molecule has 0 aromatic heterocycles. The van der Waals surface area contributed by atoms with Gasteiger partial charge in [0.2, 0.25) is 0 Å². The first kappa shape index (κ1) is 9.20. The SMILES string of the molecule is C=C([SiH3])C(C)(F)c1ccccc1. The van der Waals surface area contributed by atoms with Crippen molar-refractivity contribution in [1.29, 1.82) is 0 Å². The average Bonchev–Trinajstić information content (AvgIpc) is 2.06. The van der Waals surface area contributed by atoms with Gasteiger partial charge in [-0.05, 0) is 12.5 Å². The van der Waals surface area contributed by atoms with Gasteiger partial charge in [0.15, 0.2) is 0 Å². The molecule has 0 amide bonds. The molecule has 1 aromatic rings. The summed E-state index contributed by atoms with van der Waals surface area (Å²) in [6.45, 7) is 5.26. The van der Waals surface area contributed by atoms with Crippen LogP contribution < -0.4 is 0 Å². The summed E-state index contributed by atoms with van der Waals surface area (Å²) in [5, 5.41) is 0.675. The third kappa shape index (κ3) is 1.64. The summed E-state index contributed by atoms with van der Waals surface area (Å²) >= 11 is 0. The normalized spacial score (nSPS) is 15.5. The molecular weight excluding hydrogens is 167 g/mol. The Kier molecular flexibility index (Phi) is 2.48. The first-order chi connectivity index (χ1) is 5.55. The van der Waals surface area contributed by atoms with Crippen LogP contribution in [-0.2, 0) is 5.67 Å². The predicted octanol–water partition coefficient (Wildman–Crippen LogP) is 1.75. The highest BCUT2D eigenvalue weighted by Gasteiger charge is 2.25. The Bertz CT molecular complexity index is 277. The number of rotatable bonds is 2. The summed E-state index contributed by atoms with van der Waals surface area (Å²) in [5.74, 6) is 0. The summed E-state index contributed by atoms with van der Waals surface area (Å²) < 4.78 is 13.9. The maximum Gasteiger partial charge on any atom is 0.149 e. The topological polar surface area (TPSA) is 0 Å². The van der Waals surface area contributed by atoms with Gasteiger partial charge in [-0.2, -0.15) is 0 Å². The van der Waals surface area contributed by atoms with E-state index in [1.165, 1.54) is 0 Å². The van der Waals surface area contributed by atoms with Crippen LogP contribution in [0.4, 0.5) is 4.39 Å². The molecular formula is C10H13FSi. The molecule has 0 N–H and O–H groups in total. The van der Waals surface area contributed by atoms with Crippen molar-refractivity contribution in [2.45, 2.75) is 12.6 Å². The molecule has 1 atom stereocenters. The lowest BCUT2D eigenvalue weighted by atomic mass is 9.98. The zero-order valence-electron chi connectivity index (χ0n) is 7.47. The van der Waals surface area contributed by atoms with E-state index in [0.717, 1.165) is 0 Å². The molecule has 1 unspecified atom stereocenters. The van der Waals surface area contributed by atoms with Crippen molar-refractivity contribution in [2.75, 3.05) is 0 Å². The number of hydrogen-bond donors (Lipinski definition) is 0. The molecule has 0 aliphatic carbocycles. The zero-order chi connectivity index (χ0) is 9.19. The molecule has 12 heavy (non-hydrogen) atoms. The zero-order valence-corrected chi connectivity index (χ0v) is 9.47. The summed E-state index contributed by atoms with van der Waals surface area (Å²) in [4.78, 5) is 0. The first-order valence-electron chi connectivity index (χ1n) is 3.95. The van der Waals surface area contributed by atoms with E-state index in [9.17, 15) is 4.39 Å². The summed E-state index contributed by atoms with van der Waals surface area (Å²) in [5.41, 5.74) is -0.641. The Labute approximate surface area is 75.5 Å². The lowest BCUT2D eigenvalue weighted by molar-refractivity contribution is 0.257. The van der Waals surface area contributed by atoms with Gasteiger partial charge >= 0.3 is 0 Å². The maximum atomic E-state index is 13.9. The Morgan fingerprint density at radius 1 is 1.42 bits per heavy atom. The van der Waals surface area contributed by atoms with Gasteiger partial charge in [-0.15, -0.1) is 6.58 Å². The van der Waals surface area contributed by atoms with Crippen LogP contribution in [0.3, 0.4) is 0 Å². The van der Waals surface area contributed by atoms with Crippen molar-refractivity contribution in [1.82, 2.24) is 0 Å². The Hall–Kier alpha value is -0.893. The van der Waals surface area contributed by atoms with E-state index >= 15 is 0 Å². The molecule has 0 fully saturated rings. The van der Waals surface area contributed by atoms with Gasteiger partial charge < -0.3 is 0 Å². The standard InChI is InChI=1S/C10H13FSi/c1-8(12)10(2,11)9-6-4-3-5-7-9/h3-7H,1H2,2,12H3. The number of hydrogen-bond acceptors (Lipinski definition) is 0. The monoisotopic (exact) mass is 180 g/mol. The van der Waals surface area contributed by atoms with E-state index in [1.54, 1.807) is 19.1 Å². The highest BCUT2D eigenvalue weighted by Crippen LogP contribution is 2.30. The fourth-order valence-electron chi connectivity index (χ4n) is 0.998. The number of halogens is 1. The number of allylic oxidation sites excluding steroid dienone is 1. The van der Waals surface area contributed by atoms with E-state index in [1.807, 2.05) is 18.2 Å². The molecule has 2 heteroatoms. The van der Waals surface area contributed by atoms with Crippen LogP contribution in [0.25, 0.3) is 0 Å². The molecule has 0 bridgehead atoms. The third-order valence-electron chi connectivity index (χ3n) is 2.12. The molecule has 0 saturated carbocycles. The van der Waals surface area contributed by atoms with E-state index in [-0.39, 0.29) is 0 Å². The van der Waals surface area contributed by atoms with E-state index in [4.69, 9.17) is 0 Å². The fourth-order valence-corrected chi connectivity index (χ4v) is 1.29. The Balaban J connectivity index is 3.06. The van der Waals surface area contributed by atoms with Crippen molar-refractivity contribution in [2.24, 2.45) is 0 Å². The lowest BCUT2D eigenvalue weighted by Crippen LogP contribution is -2.17. The van der Waals surface area contributed by atoms with Crippen LogP contribution in [0.1, 0.15) is 12.5 Å². The van der Waals surface area contributed by atoms with Crippen molar-refractivity contribution in [3.63, 3.8) is 0 Å². The smallest absolute Gasteiger partial charge is 0.149 e. The average molecular weight is 180 g/mol. The predicted molar refractivity (Wildman–Crippen MR) is 54.0 cm³/mol. The van der Waals surface area contributed by atoms with Crippen LogP contribution in [-0.4, -0.2) is 10.2 Å². The van der Waals surface area contributed by atoms with Crippen LogP contribution in [0, 0.1) is 0 Å². The number of alkyl halides is 1. The van der Waals surface area contributed by atoms with E-state index in [2.05, 4.69) is 6.58 Å². The van der Waals surface area contributed by atoms with Crippen molar-refractivity contribution >= 4 is 10.2 Å². The van der Waals surface area contributed by atoms with Crippen molar-refractivity contribution in [3.05, 3.63) is 47.7 Å². The van der Waals surface area contributed by atoms with Gasteiger partial charge in [-0.25, -0.2) is 4.39 Å². The quantitative estimate of drug-likeness (QED) is 0.608. The van der Waals surface area contributed by atoms with Gasteiger partial charge in [0.1, 0.15) is 5.67 Å². The molecule has 0 radical (unpaired) electrons. The highest BCUT2D eigenvalue weighted by molar-refractivity contribution is 6.22. The maximum absolute atomic E-state index is 13.9.